The van der Waals surface area contributed by atoms with Crippen molar-refractivity contribution in [1.29, 1.82) is 0 Å². The van der Waals surface area contributed by atoms with Crippen molar-refractivity contribution in [3.63, 3.8) is 0 Å². The molecule has 5 nitrogen and oxygen atoms in total. The van der Waals surface area contributed by atoms with Gasteiger partial charge in [0.15, 0.2) is 0 Å². The molecule has 1 aliphatic heterocycles. The van der Waals surface area contributed by atoms with E-state index in [1.54, 1.807) is 28.0 Å². The summed E-state index contributed by atoms with van der Waals surface area (Å²) < 4.78 is 13.3. The van der Waals surface area contributed by atoms with Gasteiger partial charge >= 0.3 is 0 Å². The fourth-order valence-electron chi connectivity index (χ4n) is 3.33. The molecule has 1 unspecified atom stereocenters. The van der Waals surface area contributed by atoms with E-state index in [-0.39, 0.29) is 29.3 Å². The van der Waals surface area contributed by atoms with Gasteiger partial charge in [-0.2, -0.15) is 0 Å². The number of hydrogen-bond acceptors (Lipinski definition) is 3. The van der Waals surface area contributed by atoms with Crippen LogP contribution in [0.4, 0.5) is 4.39 Å². The van der Waals surface area contributed by atoms with Crippen molar-refractivity contribution in [1.82, 2.24) is 9.80 Å². The van der Waals surface area contributed by atoms with E-state index in [2.05, 4.69) is 0 Å². The number of aromatic hydroxyl groups is 1. The molecule has 0 saturated carbocycles. The van der Waals surface area contributed by atoms with E-state index in [0.29, 0.717) is 38.2 Å². The lowest BCUT2D eigenvalue weighted by molar-refractivity contribution is -0.136. The Morgan fingerprint density at radius 3 is 2.30 bits per heavy atom. The molecule has 142 valence electrons. The van der Waals surface area contributed by atoms with Crippen LogP contribution in [-0.2, 0) is 11.2 Å². The maximum absolute atomic E-state index is 13.3. The van der Waals surface area contributed by atoms with E-state index in [1.807, 2.05) is 13.0 Å². The van der Waals surface area contributed by atoms with Crippen molar-refractivity contribution in [2.75, 3.05) is 26.2 Å². The standard InChI is InChI=1S/C21H23FN2O3/c1-15(13-16-3-2-4-18(22)14-16)20(26)23-9-11-24(12-10-23)21(27)17-5-7-19(25)8-6-17/h2-8,14-15,25H,9-13H2,1H3. The van der Waals surface area contributed by atoms with Gasteiger partial charge in [-0.25, -0.2) is 4.39 Å². The van der Waals surface area contributed by atoms with Gasteiger partial charge in [0.2, 0.25) is 5.91 Å². The molecule has 0 spiro atoms. The number of piperazine rings is 1. The molecule has 0 aromatic heterocycles. The van der Waals surface area contributed by atoms with E-state index in [4.69, 9.17) is 0 Å². The molecule has 0 bridgehead atoms. The number of nitrogens with zero attached hydrogens (tertiary/aromatic N) is 2. The Bertz CT molecular complexity index is 814. The lowest BCUT2D eigenvalue weighted by atomic mass is 9.99. The van der Waals surface area contributed by atoms with Crippen LogP contribution in [-0.4, -0.2) is 52.9 Å². The number of halogens is 1. The van der Waals surface area contributed by atoms with E-state index in [0.717, 1.165) is 5.56 Å². The first kappa shape index (κ1) is 18.9. The zero-order valence-corrected chi connectivity index (χ0v) is 15.3. The first-order valence-corrected chi connectivity index (χ1v) is 9.05. The Morgan fingerprint density at radius 1 is 1.04 bits per heavy atom. The average molecular weight is 370 g/mol. The third kappa shape index (κ3) is 4.64. The fraction of sp³-hybridized carbons (Fsp3) is 0.333. The number of amides is 2. The average Bonchev–Trinajstić information content (AvgIpc) is 2.67. The first-order chi connectivity index (χ1) is 12.9. The number of hydrogen-bond donors (Lipinski definition) is 1. The summed E-state index contributed by atoms with van der Waals surface area (Å²) in [6, 6.07) is 12.5. The quantitative estimate of drug-likeness (QED) is 0.900. The van der Waals surface area contributed by atoms with E-state index in [9.17, 15) is 19.1 Å². The molecule has 1 aliphatic rings. The molecule has 2 aromatic rings. The minimum atomic E-state index is -0.298. The molecule has 6 heteroatoms. The summed E-state index contributed by atoms with van der Waals surface area (Å²) in [5.74, 6) is -0.500. The third-order valence-electron chi connectivity index (χ3n) is 4.85. The van der Waals surface area contributed by atoms with Gasteiger partial charge in [0.25, 0.3) is 5.91 Å². The Morgan fingerprint density at radius 2 is 1.67 bits per heavy atom. The number of carbonyl (C=O) groups is 2. The largest absolute Gasteiger partial charge is 0.508 e. The first-order valence-electron chi connectivity index (χ1n) is 9.05. The van der Waals surface area contributed by atoms with Gasteiger partial charge in [0, 0.05) is 37.7 Å². The molecule has 2 amide bonds. The molecule has 1 atom stereocenters. The summed E-state index contributed by atoms with van der Waals surface area (Å²) in [7, 11) is 0. The van der Waals surface area contributed by atoms with Gasteiger partial charge in [-0.05, 0) is 48.4 Å². The summed E-state index contributed by atoms with van der Waals surface area (Å²) in [6.45, 7) is 3.75. The van der Waals surface area contributed by atoms with Crippen molar-refractivity contribution in [2.24, 2.45) is 5.92 Å². The van der Waals surface area contributed by atoms with Crippen molar-refractivity contribution >= 4 is 11.8 Å². The van der Waals surface area contributed by atoms with Crippen molar-refractivity contribution in [3.05, 3.63) is 65.5 Å². The van der Waals surface area contributed by atoms with Crippen LogP contribution in [0.2, 0.25) is 0 Å². The lowest BCUT2D eigenvalue weighted by Crippen LogP contribution is -2.51. The minimum Gasteiger partial charge on any atom is -0.508 e. The highest BCUT2D eigenvalue weighted by molar-refractivity contribution is 5.94. The SMILES string of the molecule is CC(Cc1cccc(F)c1)C(=O)N1CCN(C(=O)c2ccc(O)cc2)CC1. The second kappa shape index (κ2) is 8.20. The zero-order valence-electron chi connectivity index (χ0n) is 15.3. The highest BCUT2D eigenvalue weighted by atomic mass is 19.1. The van der Waals surface area contributed by atoms with Crippen LogP contribution in [0.15, 0.2) is 48.5 Å². The number of phenolic OH excluding ortho intramolecular Hbond substituents is 1. The molecule has 1 N–H and O–H groups in total. The normalized spacial score (nSPS) is 15.5. The lowest BCUT2D eigenvalue weighted by Gasteiger charge is -2.36. The van der Waals surface area contributed by atoms with Crippen molar-refractivity contribution < 1.29 is 19.1 Å². The third-order valence-corrected chi connectivity index (χ3v) is 4.85. The number of rotatable bonds is 4. The summed E-state index contributed by atoms with van der Waals surface area (Å²) in [4.78, 5) is 28.7. The molecule has 27 heavy (non-hydrogen) atoms. The number of phenols is 1. The smallest absolute Gasteiger partial charge is 0.253 e. The van der Waals surface area contributed by atoms with Crippen LogP contribution >= 0.6 is 0 Å². The zero-order chi connectivity index (χ0) is 19.4. The van der Waals surface area contributed by atoms with Crippen LogP contribution in [0.25, 0.3) is 0 Å². The van der Waals surface area contributed by atoms with Crippen LogP contribution in [0.5, 0.6) is 5.75 Å². The van der Waals surface area contributed by atoms with Gasteiger partial charge in [-0.3, -0.25) is 9.59 Å². The van der Waals surface area contributed by atoms with Crippen LogP contribution in [0.1, 0.15) is 22.8 Å². The molecule has 0 aliphatic carbocycles. The summed E-state index contributed by atoms with van der Waals surface area (Å²) in [5.41, 5.74) is 1.32. The van der Waals surface area contributed by atoms with Crippen molar-refractivity contribution in [3.8, 4) is 5.75 Å². The molecule has 0 radical (unpaired) electrons. The molecule has 2 aromatic carbocycles. The van der Waals surface area contributed by atoms with Crippen LogP contribution in [0.3, 0.4) is 0 Å². The highest BCUT2D eigenvalue weighted by Gasteiger charge is 2.27. The van der Waals surface area contributed by atoms with E-state index < -0.39 is 0 Å². The van der Waals surface area contributed by atoms with Gasteiger partial charge < -0.3 is 14.9 Å². The highest BCUT2D eigenvalue weighted by Crippen LogP contribution is 2.16. The van der Waals surface area contributed by atoms with E-state index >= 15 is 0 Å². The molecule has 3 rings (SSSR count). The molecular weight excluding hydrogens is 347 g/mol. The predicted octanol–water partition coefficient (Wildman–Crippen LogP) is 2.69. The summed E-state index contributed by atoms with van der Waals surface area (Å²) in [5, 5.41) is 9.33. The van der Waals surface area contributed by atoms with Crippen LogP contribution < -0.4 is 0 Å². The van der Waals surface area contributed by atoms with Crippen molar-refractivity contribution in [2.45, 2.75) is 13.3 Å². The summed E-state index contributed by atoms with van der Waals surface area (Å²) >= 11 is 0. The van der Waals surface area contributed by atoms with Crippen LogP contribution in [0, 0.1) is 11.7 Å². The minimum absolute atomic E-state index is 0.0241. The molecule has 1 saturated heterocycles. The Balaban J connectivity index is 1.54. The van der Waals surface area contributed by atoms with Gasteiger partial charge in [0.1, 0.15) is 11.6 Å². The number of carbonyl (C=O) groups excluding carboxylic acids is 2. The molecular formula is C21H23FN2O3. The Kier molecular flexibility index (Phi) is 5.74. The maximum atomic E-state index is 13.3. The molecule has 1 fully saturated rings. The Labute approximate surface area is 158 Å². The fourth-order valence-corrected chi connectivity index (χ4v) is 3.33. The monoisotopic (exact) mass is 370 g/mol. The number of benzene rings is 2. The predicted molar refractivity (Wildman–Crippen MR) is 99.9 cm³/mol. The van der Waals surface area contributed by atoms with Gasteiger partial charge in [-0.1, -0.05) is 19.1 Å². The topological polar surface area (TPSA) is 60.9 Å². The summed E-state index contributed by atoms with van der Waals surface area (Å²) in [6.07, 6.45) is 0.489. The van der Waals surface area contributed by atoms with Gasteiger partial charge in [-0.15, -0.1) is 0 Å². The maximum Gasteiger partial charge on any atom is 0.253 e. The second-order valence-corrected chi connectivity index (χ2v) is 6.90. The second-order valence-electron chi connectivity index (χ2n) is 6.90. The van der Waals surface area contributed by atoms with E-state index in [1.165, 1.54) is 24.3 Å². The molecule has 1 heterocycles. The Hall–Kier alpha value is -2.89. The van der Waals surface area contributed by atoms with Gasteiger partial charge in [0.05, 0.1) is 0 Å².